The van der Waals surface area contributed by atoms with Crippen molar-refractivity contribution < 1.29 is 34.2 Å². The average Bonchev–Trinajstić information content (AvgIpc) is 2.81. The zero-order chi connectivity index (χ0) is 27.6. The van der Waals surface area contributed by atoms with Gasteiger partial charge in [-0.15, -0.1) is 0 Å². The lowest BCUT2D eigenvalue weighted by molar-refractivity contribution is -0.903. The number of unbranched alkanes of at least 4 members (excludes halogenated alkanes) is 19. The number of hydrogen-bond donors (Lipinski definition) is 2. The van der Waals surface area contributed by atoms with E-state index in [1.807, 2.05) is 6.08 Å². The number of carbonyl (C=O) groups excluding carboxylic acids is 1. The van der Waals surface area contributed by atoms with Gasteiger partial charge in [-0.2, -0.15) is 0 Å². The molecule has 0 aromatic rings. The zero-order valence-corrected chi connectivity index (χ0v) is 23.6. The van der Waals surface area contributed by atoms with Gasteiger partial charge in [-0.25, -0.2) is 9.59 Å². The first kappa shape index (κ1) is 35.1. The van der Waals surface area contributed by atoms with Crippen molar-refractivity contribution in [1.82, 2.24) is 0 Å². The Kier molecular flexibility index (Phi) is 23.2. The predicted molar refractivity (Wildman–Crippen MR) is 147 cm³/mol. The summed E-state index contributed by atoms with van der Waals surface area (Å²) in [6, 6.07) is 0. The number of aliphatic carboxylic acids is 3. The number of rotatable bonds is 28. The van der Waals surface area contributed by atoms with Gasteiger partial charge in [-0.1, -0.05) is 129 Å². The largest absolute Gasteiger partial charge is 0.544 e. The third-order valence-corrected chi connectivity index (χ3v) is 7.04. The van der Waals surface area contributed by atoms with E-state index in [-0.39, 0.29) is 6.54 Å². The van der Waals surface area contributed by atoms with Crippen molar-refractivity contribution in [2.75, 3.05) is 26.2 Å². The van der Waals surface area contributed by atoms with Crippen molar-refractivity contribution >= 4 is 17.9 Å². The average molecular weight is 526 g/mol. The maximum Gasteiger partial charge on any atom is 0.359 e. The molecule has 0 atom stereocenters. The van der Waals surface area contributed by atoms with Crippen LogP contribution in [-0.2, 0) is 14.4 Å². The molecule has 7 heteroatoms. The van der Waals surface area contributed by atoms with E-state index < -0.39 is 42.0 Å². The van der Waals surface area contributed by atoms with E-state index in [4.69, 9.17) is 10.2 Å². The molecule has 0 rings (SSSR count). The van der Waals surface area contributed by atoms with Crippen LogP contribution in [0.5, 0.6) is 0 Å². The predicted octanol–water partition coefficient (Wildman–Crippen LogP) is 6.10. The summed E-state index contributed by atoms with van der Waals surface area (Å²) in [6.45, 7) is 0.548. The zero-order valence-electron chi connectivity index (χ0n) is 23.6. The van der Waals surface area contributed by atoms with Gasteiger partial charge in [0.05, 0.1) is 12.5 Å². The van der Waals surface area contributed by atoms with Gasteiger partial charge in [0.25, 0.3) is 0 Å². The minimum atomic E-state index is -1.45. The Balaban J connectivity index is 3.68. The second-order valence-corrected chi connectivity index (χ2v) is 10.8. The van der Waals surface area contributed by atoms with Gasteiger partial charge in [0.2, 0.25) is 0 Å². The van der Waals surface area contributed by atoms with Gasteiger partial charge < -0.3 is 20.1 Å². The van der Waals surface area contributed by atoms with E-state index in [1.165, 1.54) is 109 Å². The van der Waals surface area contributed by atoms with Crippen LogP contribution in [0.25, 0.3) is 0 Å². The fraction of sp³-hybridized carbons (Fsp3) is 0.833. The molecule has 0 aromatic carbocycles. The van der Waals surface area contributed by atoms with Crippen LogP contribution in [0, 0.1) is 0 Å². The number of carboxylic acid groups (broad SMARTS) is 3. The smallest absolute Gasteiger partial charge is 0.359 e. The summed E-state index contributed by atoms with van der Waals surface area (Å²) < 4.78 is -0.581. The van der Waals surface area contributed by atoms with Crippen LogP contribution in [0.3, 0.4) is 0 Å². The molecule has 0 spiro atoms. The Morgan fingerprint density at radius 3 is 1.24 bits per heavy atom. The summed E-state index contributed by atoms with van der Waals surface area (Å²) in [4.78, 5) is 33.4. The summed E-state index contributed by atoms with van der Waals surface area (Å²) in [5, 5.41) is 29.3. The number of allylic oxidation sites excluding steroid dienone is 1. The van der Waals surface area contributed by atoms with Gasteiger partial charge in [0.15, 0.2) is 13.1 Å². The third-order valence-electron chi connectivity index (χ3n) is 7.04. The minimum absolute atomic E-state index is 0.0473. The van der Waals surface area contributed by atoms with Crippen LogP contribution in [0.4, 0.5) is 0 Å². The first-order valence-corrected chi connectivity index (χ1v) is 14.9. The number of carbonyl (C=O) groups is 3. The van der Waals surface area contributed by atoms with Crippen molar-refractivity contribution in [3.05, 3.63) is 12.2 Å². The lowest BCUT2D eigenvalue weighted by Crippen LogP contribution is -2.58. The maximum absolute atomic E-state index is 11.2. The Labute approximate surface area is 225 Å². The van der Waals surface area contributed by atoms with Crippen molar-refractivity contribution in [3.8, 4) is 0 Å². The highest BCUT2D eigenvalue weighted by Crippen LogP contribution is 2.15. The number of hydrogen-bond acceptors (Lipinski definition) is 4. The monoisotopic (exact) mass is 525 g/mol. The number of carboxylic acids is 3. The highest BCUT2D eigenvalue weighted by molar-refractivity contribution is 5.72. The molecule has 2 N–H and O–H groups in total. The molecule has 0 amide bonds. The third kappa shape index (κ3) is 24.2. The van der Waals surface area contributed by atoms with Gasteiger partial charge in [0, 0.05) is 0 Å². The fourth-order valence-corrected chi connectivity index (χ4v) is 4.97. The maximum atomic E-state index is 11.2. The molecule has 37 heavy (non-hydrogen) atoms. The van der Waals surface area contributed by atoms with E-state index in [0.29, 0.717) is 0 Å². The van der Waals surface area contributed by atoms with Crippen molar-refractivity contribution in [2.45, 2.75) is 135 Å². The minimum Gasteiger partial charge on any atom is -0.544 e. The first-order valence-electron chi connectivity index (χ1n) is 14.9. The Morgan fingerprint density at radius 1 is 0.568 bits per heavy atom. The normalized spacial score (nSPS) is 11.8. The van der Waals surface area contributed by atoms with E-state index in [1.54, 1.807) is 6.08 Å². The van der Waals surface area contributed by atoms with Gasteiger partial charge in [-0.3, -0.25) is 4.48 Å². The van der Waals surface area contributed by atoms with Crippen LogP contribution < -0.4 is 5.11 Å². The molecule has 0 bridgehead atoms. The molecular weight excluding hydrogens is 470 g/mol. The molecule has 0 aliphatic rings. The van der Waals surface area contributed by atoms with Gasteiger partial charge >= 0.3 is 11.9 Å². The summed E-state index contributed by atoms with van der Waals surface area (Å²) in [5.74, 6) is -3.90. The Hall–Kier alpha value is -1.89. The molecule has 0 saturated heterocycles. The van der Waals surface area contributed by atoms with Gasteiger partial charge in [-0.05, 0) is 18.9 Å². The Bertz CT molecular complexity index is 578. The van der Waals surface area contributed by atoms with Crippen molar-refractivity contribution in [3.63, 3.8) is 0 Å². The first-order chi connectivity index (χ1) is 17.8. The molecule has 0 fully saturated rings. The molecule has 0 aromatic heterocycles. The number of quaternary nitrogens is 1. The summed E-state index contributed by atoms with van der Waals surface area (Å²) in [6.07, 6.45) is 29.8. The van der Waals surface area contributed by atoms with Crippen LogP contribution in [0.15, 0.2) is 12.2 Å². The van der Waals surface area contributed by atoms with Crippen LogP contribution >= 0.6 is 0 Å². The van der Waals surface area contributed by atoms with E-state index in [0.717, 1.165) is 19.3 Å². The van der Waals surface area contributed by atoms with Crippen LogP contribution in [0.2, 0.25) is 0 Å². The molecule has 0 heterocycles. The van der Waals surface area contributed by atoms with Crippen LogP contribution in [-0.4, -0.2) is 58.8 Å². The van der Waals surface area contributed by atoms with Crippen LogP contribution in [0.1, 0.15) is 135 Å². The van der Waals surface area contributed by atoms with E-state index in [9.17, 15) is 19.5 Å². The Morgan fingerprint density at radius 2 is 0.919 bits per heavy atom. The molecular formula is C30H55NO6. The summed E-state index contributed by atoms with van der Waals surface area (Å²) in [7, 11) is 0. The second-order valence-electron chi connectivity index (χ2n) is 10.8. The molecule has 0 aliphatic heterocycles. The van der Waals surface area contributed by atoms with Crippen molar-refractivity contribution in [2.24, 2.45) is 0 Å². The standard InChI is InChI=1S/C30H55NO6/c1-2-3-4-5-6-7-8-9-10-11-12-13-14-15-16-17-18-19-20-21-22-23-24-31(25-28(32)33,26-29(34)35)27-30(36)37/h22-23H,2-21,24-27H2,1H3,(H2-,32,33,34,35,36,37)/b23-22+. The molecule has 0 saturated carbocycles. The lowest BCUT2D eigenvalue weighted by atomic mass is 10.0. The highest BCUT2D eigenvalue weighted by Gasteiger charge is 2.32. The number of nitrogens with zero attached hydrogens (tertiary/aromatic N) is 1. The lowest BCUT2D eigenvalue weighted by Gasteiger charge is -2.35. The second kappa shape index (κ2) is 24.4. The molecule has 216 valence electrons. The summed E-state index contributed by atoms with van der Waals surface area (Å²) in [5.41, 5.74) is 0. The molecule has 0 radical (unpaired) electrons. The molecule has 0 aliphatic carbocycles. The van der Waals surface area contributed by atoms with Gasteiger partial charge in [0.1, 0.15) is 6.54 Å². The quantitative estimate of drug-likeness (QED) is 0.0724. The molecule has 7 nitrogen and oxygen atoms in total. The highest BCUT2D eigenvalue weighted by atomic mass is 16.4. The summed E-state index contributed by atoms with van der Waals surface area (Å²) >= 11 is 0. The topological polar surface area (TPSA) is 115 Å². The fourth-order valence-electron chi connectivity index (χ4n) is 4.97. The SMILES string of the molecule is CCCCCCCCCCCCCCCCCCCCC/C=C/C[N+](CC(=O)[O-])(CC(=O)O)CC(=O)O. The molecule has 0 unspecified atom stereocenters. The van der Waals surface area contributed by atoms with E-state index >= 15 is 0 Å². The van der Waals surface area contributed by atoms with Crippen molar-refractivity contribution in [1.29, 1.82) is 0 Å². The van der Waals surface area contributed by atoms with E-state index in [2.05, 4.69) is 6.92 Å².